The molecule has 1 atom stereocenters. The van der Waals surface area contributed by atoms with Crippen molar-refractivity contribution in [2.45, 2.75) is 38.8 Å². The van der Waals surface area contributed by atoms with Crippen LogP contribution >= 0.6 is 0 Å². The number of carbonyl (C=O) groups excluding carboxylic acids is 1. The molecule has 114 valence electrons. The molecule has 1 amide bonds. The van der Waals surface area contributed by atoms with Crippen molar-refractivity contribution >= 4 is 15.9 Å². The van der Waals surface area contributed by atoms with Crippen LogP contribution in [0.5, 0.6) is 0 Å². The highest BCUT2D eigenvalue weighted by atomic mass is 32.2. The summed E-state index contributed by atoms with van der Waals surface area (Å²) in [5.41, 5.74) is -0.0864. The van der Waals surface area contributed by atoms with Crippen LogP contribution in [0.1, 0.15) is 38.2 Å². The molecule has 0 aromatic carbocycles. The van der Waals surface area contributed by atoms with Crippen LogP contribution in [-0.4, -0.2) is 39.4 Å². The van der Waals surface area contributed by atoms with Crippen molar-refractivity contribution in [3.63, 3.8) is 0 Å². The molecule has 0 aliphatic rings. The standard InChI is InChI=1S/C13H22N2O4S/c1-9(13(2,3)4)15(6)12(16)10-7-8-11(19-10)20(17,18)14-5/h7-9,14H,1-6H3/t9-/m0/s1. The van der Waals surface area contributed by atoms with E-state index in [0.717, 1.165) is 0 Å². The SMILES string of the molecule is CNS(=O)(=O)c1ccc(C(=O)N(C)[C@@H](C)C(C)(C)C)o1. The third-order valence-electron chi connectivity index (χ3n) is 3.48. The summed E-state index contributed by atoms with van der Waals surface area (Å²) in [7, 11) is -0.714. The van der Waals surface area contributed by atoms with Gasteiger partial charge in [-0.25, -0.2) is 13.1 Å². The summed E-state index contributed by atoms with van der Waals surface area (Å²) in [6.45, 7) is 8.02. The molecule has 1 N–H and O–H groups in total. The maximum atomic E-state index is 12.3. The lowest BCUT2D eigenvalue weighted by Gasteiger charge is -2.34. The van der Waals surface area contributed by atoms with Gasteiger partial charge in [0.05, 0.1) is 0 Å². The third kappa shape index (κ3) is 3.40. The van der Waals surface area contributed by atoms with Crippen LogP contribution < -0.4 is 4.72 Å². The van der Waals surface area contributed by atoms with E-state index in [4.69, 9.17) is 4.42 Å². The molecule has 1 aromatic rings. The summed E-state index contributed by atoms with van der Waals surface area (Å²) in [6.07, 6.45) is 0. The number of amides is 1. The Kier molecular flexibility index (Phi) is 4.66. The van der Waals surface area contributed by atoms with E-state index in [1.165, 1.54) is 19.2 Å². The van der Waals surface area contributed by atoms with Crippen molar-refractivity contribution in [1.29, 1.82) is 0 Å². The van der Waals surface area contributed by atoms with E-state index in [2.05, 4.69) is 4.72 Å². The van der Waals surface area contributed by atoms with Gasteiger partial charge in [-0.15, -0.1) is 0 Å². The monoisotopic (exact) mass is 302 g/mol. The molecule has 7 heteroatoms. The molecule has 6 nitrogen and oxygen atoms in total. The van der Waals surface area contributed by atoms with E-state index in [0.29, 0.717) is 0 Å². The van der Waals surface area contributed by atoms with Crippen molar-refractivity contribution < 1.29 is 17.6 Å². The second-order valence-corrected chi connectivity index (χ2v) is 7.60. The largest absolute Gasteiger partial charge is 0.438 e. The minimum absolute atomic E-state index is 0.0115. The first kappa shape index (κ1) is 16.7. The fourth-order valence-corrected chi connectivity index (χ4v) is 2.26. The topological polar surface area (TPSA) is 79.6 Å². The van der Waals surface area contributed by atoms with Gasteiger partial charge in [0.1, 0.15) is 0 Å². The number of hydrogen-bond acceptors (Lipinski definition) is 4. The van der Waals surface area contributed by atoms with Gasteiger partial charge in [-0.05, 0) is 31.5 Å². The number of sulfonamides is 1. The van der Waals surface area contributed by atoms with Gasteiger partial charge in [0.25, 0.3) is 15.9 Å². The molecule has 0 fully saturated rings. The number of rotatable bonds is 4. The number of nitrogens with zero attached hydrogens (tertiary/aromatic N) is 1. The van der Waals surface area contributed by atoms with Gasteiger partial charge < -0.3 is 9.32 Å². The van der Waals surface area contributed by atoms with Gasteiger partial charge in [-0.1, -0.05) is 20.8 Å². The van der Waals surface area contributed by atoms with Crippen molar-refractivity contribution in [3.05, 3.63) is 17.9 Å². The molecule has 0 saturated carbocycles. The van der Waals surface area contributed by atoms with Crippen LogP contribution in [-0.2, 0) is 10.0 Å². The number of nitrogens with one attached hydrogen (secondary N) is 1. The van der Waals surface area contributed by atoms with Gasteiger partial charge in [0.15, 0.2) is 5.76 Å². The van der Waals surface area contributed by atoms with Crippen LogP contribution in [0.3, 0.4) is 0 Å². The van der Waals surface area contributed by atoms with E-state index >= 15 is 0 Å². The minimum Gasteiger partial charge on any atom is -0.438 e. The molecule has 0 aliphatic carbocycles. The highest BCUT2D eigenvalue weighted by Crippen LogP contribution is 2.25. The van der Waals surface area contributed by atoms with E-state index in [9.17, 15) is 13.2 Å². The Labute approximate surface area is 120 Å². The lowest BCUT2D eigenvalue weighted by molar-refractivity contribution is 0.0592. The van der Waals surface area contributed by atoms with Gasteiger partial charge in [0, 0.05) is 13.1 Å². The Balaban J connectivity index is 3.00. The molecule has 1 rings (SSSR count). The number of furan rings is 1. The Bertz CT molecular complexity index is 584. The molecule has 0 bridgehead atoms. The molecule has 0 radical (unpaired) electrons. The first-order valence-corrected chi connectivity index (χ1v) is 7.79. The quantitative estimate of drug-likeness (QED) is 0.918. The average molecular weight is 302 g/mol. The number of carbonyl (C=O) groups is 1. The molecular weight excluding hydrogens is 280 g/mol. The van der Waals surface area contributed by atoms with E-state index < -0.39 is 10.0 Å². The van der Waals surface area contributed by atoms with Crippen LogP contribution in [0.25, 0.3) is 0 Å². The Morgan fingerprint density at radius 3 is 2.35 bits per heavy atom. The van der Waals surface area contributed by atoms with Crippen molar-refractivity contribution in [1.82, 2.24) is 9.62 Å². The van der Waals surface area contributed by atoms with Crippen LogP contribution in [0, 0.1) is 5.41 Å². The van der Waals surface area contributed by atoms with E-state index in [1.807, 2.05) is 27.7 Å². The summed E-state index contributed by atoms with van der Waals surface area (Å²) >= 11 is 0. The normalized spacial score (nSPS) is 14.1. The van der Waals surface area contributed by atoms with Gasteiger partial charge in [0.2, 0.25) is 5.09 Å². The summed E-state index contributed by atoms with van der Waals surface area (Å²) in [5.74, 6) is -0.331. The van der Waals surface area contributed by atoms with Gasteiger partial charge in [-0.2, -0.15) is 0 Å². The second-order valence-electron chi connectivity index (χ2n) is 5.78. The maximum absolute atomic E-state index is 12.3. The highest BCUT2D eigenvalue weighted by molar-refractivity contribution is 7.89. The lowest BCUT2D eigenvalue weighted by Crippen LogP contribution is -2.42. The molecule has 0 aliphatic heterocycles. The first-order valence-electron chi connectivity index (χ1n) is 6.31. The zero-order valence-corrected chi connectivity index (χ0v) is 13.5. The Hall–Kier alpha value is -1.34. The van der Waals surface area contributed by atoms with Crippen molar-refractivity contribution in [2.24, 2.45) is 5.41 Å². The minimum atomic E-state index is -3.67. The van der Waals surface area contributed by atoms with Crippen molar-refractivity contribution in [3.8, 4) is 0 Å². The Morgan fingerprint density at radius 1 is 1.35 bits per heavy atom. The number of hydrogen-bond donors (Lipinski definition) is 1. The van der Waals surface area contributed by atoms with Gasteiger partial charge in [-0.3, -0.25) is 4.79 Å². The molecule has 1 aromatic heterocycles. The lowest BCUT2D eigenvalue weighted by atomic mass is 9.87. The first-order chi connectivity index (χ1) is 9.00. The molecule has 1 heterocycles. The van der Waals surface area contributed by atoms with Crippen molar-refractivity contribution in [2.75, 3.05) is 14.1 Å². The Morgan fingerprint density at radius 2 is 1.90 bits per heavy atom. The molecular formula is C13H22N2O4S. The summed E-state index contributed by atoms with van der Waals surface area (Å²) < 4.78 is 30.4. The molecule has 0 unspecified atom stereocenters. The van der Waals surface area contributed by atoms with Crippen LogP contribution in [0.15, 0.2) is 21.6 Å². The third-order valence-corrected chi connectivity index (χ3v) is 4.77. The molecule has 0 spiro atoms. The maximum Gasteiger partial charge on any atom is 0.289 e. The predicted molar refractivity (Wildman–Crippen MR) is 76.0 cm³/mol. The predicted octanol–water partition coefficient (Wildman–Crippen LogP) is 1.69. The fraction of sp³-hybridized carbons (Fsp3) is 0.615. The summed E-state index contributed by atoms with van der Waals surface area (Å²) in [6, 6.07) is 2.62. The summed E-state index contributed by atoms with van der Waals surface area (Å²) in [4.78, 5) is 13.8. The molecule has 0 saturated heterocycles. The van der Waals surface area contributed by atoms with E-state index in [1.54, 1.807) is 11.9 Å². The van der Waals surface area contributed by atoms with Crippen LogP contribution in [0.4, 0.5) is 0 Å². The highest BCUT2D eigenvalue weighted by Gasteiger charge is 2.29. The van der Waals surface area contributed by atoms with E-state index in [-0.39, 0.29) is 28.2 Å². The average Bonchev–Trinajstić information content (AvgIpc) is 2.85. The zero-order valence-electron chi connectivity index (χ0n) is 12.7. The fourth-order valence-electron chi connectivity index (χ4n) is 1.61. The zero-order chi connectivity index (χ0) is 15.7. The molecule has 20 heavy (non-hydrogen) atoms. The second kappa shape index (κ2) is 5.57. The van der Waals surface area contributed by atoms with Crippen LogP contribution in [0.2, 0.25) is 0 Å². The summed E-state index contributed by atoms with van der Waals surface area (Å²) in [5, 5.41) is -0.264. The smallest absolute Gasteiger partial charge is 0.289 e. The van der Waals surface area contributed by atoms with Gasteiger partial charge >= 0.3 is 0 Å².